The van der Waals surface area contributed by atoms with Gasteiger partial charge in [0.1, 0.15) is 5.82 Å². The van der Waals surface area contributed by atoms with Crippen LogP contribution >= 0.6 is 11.6 Å². The van der Waals surface area contributed by atoms with Crippen LogP contribution in [0.5, 0.6) is 0 Å². The molecule has 1 N–H and O–H groups in total. The lowest BCUT2D eigenvalue weighted by Gasteiger charge is -2.08. The second kappa shape index (κ2) is 11.9. The van der Waals surface area contributed by atoms with Crippen LogP contribution in [0.1, 0.15) is 71.1 Å². The van der Waals surface area contributed by atoms with Gasteiger partial charge in [0.25, 0.3) is 0 Å². The van der Waals surface area contributed by atoms with Gasteiger partial charge < -0.3 is 5.32 Å². The Morgan fingerprint density at radius 1 is 0.905 bits per heavy atom. The highest BCUT2D eigenvalue weighted by molar-refractivity contribution is 6.33. The molecule has 0 fully saturated rings. The lowest BCUT2D eigenvalue weighted by Crippen LogP contribution is -2.02. The van der Waals surface area contributed by atoms with Crippen LogP contribution in [0.2, 0.25) is 5.02 Å². The van der Waals surface area contributed by atoms with Crippen molar-refractivity contribution in [2.75, 3.05) is 11.9 Å². The highest BCUT2D eigenvalue weighted by atomic mass is 35.5. The monoisotopic (exact) mass is 313 g/mol. The summed E-state index contributed by atoms with van der Waals surface area (Å²) in [5.74, 6) is -0.245. The van der Waals surface area contributed by atoms with Crippen molar-refractivity contribution in [3.8, 4) is 0 Å². The van der Waals surface area contributed by atoms with Crippen molar-refractivity contribution in [2.24, 2.45) is 0 Å². The number of hydrogen-bond donors (Lipinski definition) is 1. The molecule has 0 spiro atoms. The fourth-order valence-corrected chi connectivity index (χ4v) is 2.65. The minimum absolute atomic E-state index is 0.245. The van der Waals surface area contributed by atoms with E-state index in [9.17, 15) is 4.39 Å². The SMILES string of the molecule is CCCCCCCCCCCCNc1cc(F)ccc1Cl. The number of halogens is 2. The molecule has 0 aliphatic heterocycles. The standard InChI is InChI=1S/C18H29ClFN/c1-2-3-4-5-6-7-8-9-10-11-14-21-18-15-16(20)12-13-17(18)19/h12-13,15,21H,2-11,14H2,1H3. The summed E-state index contributed by atoms with van der Waals surface area (Å²) in [6.07, 6.45) is 13.2. The van der Waals surface area contributed by atoms with Crippen molar-refractivity contribution in [1.82, 2.24) is 0 Å². The highest BCUT2D eigenvalue weighted by Crippen LogP contribution is 2.22. The van der Waals surface area contributed by atoms with Gasteiger partial charge in [-0.05, 0) is 24.6 Å². The van der Waals surface area contributed by atoms with Gasteiger partial charge in [-0.1, -0.05) is 76.3 Å². The maximum atomic E-state index is 13.1. The van der Waals surface area contributed by atoms with E-state index in [2.05, 4.69) is 12.2 Å². The molecule has 120 valence electrons. The van der Waals surface area contributed by atoms with Crippen molar-refractivity contribution < 1.29 is 4.39 Å². The number of unbranched alkanes of at least 4 members (excludes halogenated alkanes) is 9. The molecular weight excluding hydrogens is 285 g/mol. The Balaban J connectivity index is 1.94. The second-order valence-corrected chi connectivity index (χ2v) is 6.14. The normalized spacial score (nSPS) is 10.8. The van der Waals surface area contributed by atoms with E-state index in [-0.39, 0.29) is 5.82 Å². The third kappa shape index (κ3) is 8.98. The first kappa shape index (κ1) is 18.3. The zero-order chi connectivity index (χ0) is 15.3. The Morgan fingerprint density at radius 3 is 2.10 bits per heavy atom. The average Bonchev–Trinajstić information content (AvgIpc) is 2.48. The fourth-order valence-electron chi connectivity index (χ4n) is 2.47. The third-order valence-electron chi connectivity index (χ3n) is 3.77. The van der Waals surface area contributed by atoms with Crippen molar-refractivity contribution in [1.29, 1.82) is 0 Å². The molecule has 1 rings (SSSR count). The van der Waals surface area contributed by atoms with E-state index in [1.165, 1.54) is 69.9 Å². The summed E-state index contributed by atoms with van der Waals surface area (Å²) in [6, 6.07) is 4.43. The third-order valence-corrected chi connectivity index (χ3v) is 4.10. The Bertz CT molecular complexity index is 381. The summed E-state index contributed by atoms with van der Waals surface area (Å²) < 4.78 is 13.1. The van der Waals surface area contributed by atoms with Gasteiger partial charge in [0.2, 0.25) is 0 Å². The van der Waals surface area contributed by atoms with Gasteiger partial charge in [0.05, 0.1) is 10.7 Å². The lowest BCUT2D eigenvalue weighted by atomic mass is 10.1. The summed E-state index contributed by atoms with van der Waals surface area (Å²) >= 11 is 6.00. The molecule has 21 heavy (non-hydrogen) atoms. The number of hydrogen-bond acceptors (Lipinski definition) is 1. The van der Waals surface area contributed by atoms with Crippen LogP contribution < -0.4 is 5.32 Å². The Kier molecular flexibility index (Phi) is 10.3. The smallest absolute Gasteiger partial charge is 0.125 e. The Morgan fingerprint density at radius 2 is 1.48 bits per heavy atom. The van der Waals surface area contributed by atoms with Gasteiger partial charge in [-0.25, -0.2) is 4.39 Å². The average molecular weight is 314 g/mol. The van der Waals surface area contributed by atoms with Gasteiger partial charge in [0, 0.05) is 6.54 Å². The van der Waals surface area contributed by atoms with Crippen molar-refractivity contribution in [2.45, 2.75) is 71.1 Å². The van der Waals surface area contributed by atoms with E-state index in [0.29, 0.717) is 10.7 Å². The summed E-state index contributed by atoms with van der Waals surface area (Å²) in [5.41, 5.74) is 0.701. The summed E-state index contributed by atoms with van der Waals surface area (Å²) in [6.45, 7) is 3.12. The van der Waals surface area contributed by atoms with Crippen LogP contribution in [0, 0.1) is 5.82 Å². The highest BCUT2D eigenvalue weighted by Gasteiger charge is 2.01. The molecule has 0 atom stereocenters. The van der Waals surface area contributed by atoms with Crippen LogP contribution in [0.4, 0.5) is 10.1 Å². The van der Waals surface area contributed by atoms with Gasteiger partial charge in [0.15, 0.2) is 0 Å². The molecule has 0 aliphatic carbocycles. The summed E-state index contributed by atoms with van der Waals surface area (Å²) in [5, 5.41) is 3.79. The van der Waals surface area contributed by atoms with E-state index in [0.717, 1.165) is 13.0 Å². The molecule has 3 heteroatoms. The van der Waals surface area contributed by atoms with Crippen LogP contribution in [0.15, 0.2) is 18.2 Å². The molecule has 1 nitrogen and oxygen atoms in total. The van der Waals surface area contributed by atoms with Gasteiger partial charge in [-0.3, -0.25) is 0 Å². The predicted molar refractivity (Wildman–Crippen MR) is 91.7 cm³/mol. The minimum Gasteiger partial charge on any atom is -0.384 e. The molecule has 1 aromatic carbocycles. The number of benzene rings is 1. The van der Waals surface area contributed by atoms with Gasteiger partial charge >= 0.3 is 0 Å². The minimum atomic E-state index is -0.245. The Hall–Kier alpha value is -0.760. The number of anilines is 1. The van der Waals surface area contributed by atoms with E-state index in [1.807, 2.05) is 0 Å². The Labute approximate surface area is 134 Å². The maximum Gasteiger partial charge on any atom is 0.125 e. The van der Waals surface area contributed by atoms with Crippen molar-refractivity contribution in [3.63, 3.8) is 0 Å². The molecule has 0 amide bonds. The zero-order valence-corrected chi connectivity index (χ0v) is 14.0. The molecule has 0 aliphatic rings. The van der Waals surface area contributed by atoms with Gasteiger partial charge in [-0.2, -0.15) is 0 Å². The first-order valence-electron chi connectivity index (χ1n) is 8.43. The molecule has 0 aromatic heterocycles. The van der Waals surface area contributed by atoms with Crippen molar-refractivity contribution in [3.05, 3.63) is 29.0 Å². The topological polar surface area (TPSA) is 12.0 Å². The van der Waals surface area contributed by atoms with Crippen LogP contribution in [-0.2, 0) is 0 Å². The van der Waals surface area contributed by atoms with Crippen molar-refractivity contribution >= 4 is 17.3 Å². The van der Waals surface area contributed by atoms with E-state index in [1.54, 1.807) is 6.07 Å². The zero-order valence-electron chi connectivity index (χ0n) is 13.3. The van der Waals surface area contributed by atoms with E-state index < -0.39 is 0 Å². The second-order valence-electron chi connectivity index (χ2n) is 5.73. The quantitative estimate of drug-likeness (QED) is 0.418. The van der Waals surface area contributed by atoms with Gasteiger partial charge in [-0.15, -0.1) is 0 Å². The predicted octanol–water partition coefficient (Wildman–Crippen LogP) is 6.81. The molecule has 0 bridgehead atoms. The van der Waals surface area contributed by atoms with Crippen LogP contribution in [-0.4, -0.2) is 6.54 Å². The molecule has 0 saturated carbocycles. The van der Waals surface area contributed by atoms with Crippen LogP contribution in [0.3, 0.4) is 0 Å². The fraction of sp³-hybridized carbons (Fsp3) is 0.667. The summed E-state index contributed by atoms with van der Waals surface area (Å²) in [7, 11) is 0. The maximum absolute atomic E-state index is 13.1. The largest absolute Gasteiger partial charge is 0.384 e. The molecule has 0 unspecified atom stereocenters. The van der Waals surface area contributed by atoms with E-state index >= 15 is 0 Å². The number of nitrogens with one attached hydrogen (secondary N) is 1. The number of rotatable bonds is 12. The van der Waals surface area contributed by atoms with Crippen LogP contribution in [0.25, 0.3) is 0 Å². The first-order valence-corrected chi connectivity index (χ1v) is 8.80. The molecule has 1 aromatic rings. The van der Waals surface area contributed by atoms with E-state index in [4.69, 9.17) is 11.6 Å². The summed E-state index contributed by atoms with van der Waals surface area (Å²) in [4.78, 5) is 0. The molecule has 0 heterocycles. The molecule has 0 saturated heterocycles. The molecular formula is C18H29ClFN. The first-order chi connectivity index (χ1) is 10.2. The lowest BCUT2D eigenvalue weighted by molar-refractivity contribution is 0.560. The molecule has 0 radical (unpaired) electrons.